The quantitative estimate of drug-likeness (QED) is 0.726. The van der Waals surface area contributed by atoms with Crippen LogP contribution in [0.3, 0.4) is 0 Å². The van der Waals surface area contributed by atoms with E-state index >= 15 is 0 Å². The number of nitrogens with zero attached hydrogens (tertiary/aromatic N) is 4. The third-order valence-corrected chi connectivity index (χ3v) is 4.61. The molecular formula is C20H18N4O2. The lowest BCUT2D eigenvalue weighted by Crippen LogP contribution is -2.40. The molecule has 26 heavy (non-hydrogen) atoms. The second-order valence-electron chi connectivity index (χ2n) is 6.28. The van der Waals surface area contributed by atoms with Crippen molar-refractivity contribution < 1.29 is 4.79 Å². The number of carbonyl (C=O) groups is 1. The van der Waals surface area contributed by atoms with Crippen molar-refractivity contribution in [1.29, 1.82) is 0 Å². The summed E-state index contributed by atoms with van der Waals surface area (Å²) < 4.78 is 1.23. The van der Waals surface area contributed by atoms with Crippen LogP contribution >= 0.6 is 0 Å². The molecule has 0 unspecified atom stereocenters. The Hall–Kier alpha value is -3.28. The Morgan fingerprint density at radius 2 is 1.77 bits per heavy atom. The van der Waals surface area contributed by atoms with Crippen molar-refractivity contribution in [2.45, 2.75) is 19.5 Å². The zero-order valence-corrected chi connectivity index (χ0v) is 14.2. The Bertz CT molecular complexity index is 998. The summed E-state index contributed by atoms with van der Waals surface area (Å²) >= 11 is 0. The predicted molar refractivity (Wildman–Crippen MR) is 97.3 cm³/mol. The van der Waals surface area contributed by atoms with E-state index in [2.05, 4.69) is 16.1 Å². The smallest absolute Gasteiger partial charge is 0.267 e. The van der Waals surface area contributed by atoms with E-state index in [1.807, 2.05) is 30.3 Å². The van der Waals surface area contributed by atoms with Crippen molar-refractivity contribution in [2.75, 3.05) is 6.54 Å². The largest absolute Gasteiger partial charge is 0.336 e. The second-order valence-corrected chi connectivity index (χ2v) is 6.28. The number of benzene rings is 1. The normalized spacial score (nSPS) is 13.3. The minimum Gasteiger partial charge on any atom is -0.336 e. The highest BCUT2D eigenvalue weighted by molar-refractivity contribution is 5.76. The molecule has 0 radical (unpaired) electrons. The standard InChI is InChI=1S/C20H18N4O2/c25-19-6-5-18(16-7-10-21-11-8-16)22-24(19)14-20(26)23-12-9-15-3-1-2-4-17(15)13-23/h1-8,10-11H,9,12-14H2. The van der Waals surface area contributed by atoms with Gasteiger partial charge in [-0.05, 0) is 35.7 Å². The van der Waals surface area contributed by atoms with Crippen LogP contribution in [0.2, 0.25) is 0 Å². The van der Waals surface area contributed by atoms with Gasteiger partial charge in [0.05, 0.1) is 5.69 Å². The summed E-state index contributed by atoms with van der Waals surface area (Å²) in [5.41, 5.74) is 3.66. The van der Waals surface area contributed by atoms with Gasteiger partial charge in [0.2, 0.25) is 5.91 Å². The van der Waals surface area contributed by atoms with E-state index in [-0.39, 0.29) is 18.0 Å². The highest BCUT2D eigenvalue weighted by Gasteiger charge is 2.21. The van der Waals surface area contributed by atoms with Crippen LogP contribution in [-0.2, 0) is 24.3 Å². The van der Waals surface area contributed by atoms with Gasteiger partial charge in [0.1, 0.15) is 6.54 Å². The molecule has 0 spiro atoms. The third kappa shape index (κ3) is 3.26. The van der Waals surface area contributed by atoms with E-state index in [4.69, 9.17) is 0 Å². The van der Waals surface area contributed by atoms with Crippen LogP contribution in [0.4, 0.5) is 0 Å². The van der Waals surface area contributed by atoms with E-state index in [0.717, 1.165) is 17.5 Å². The average molecular weight is 346 g/mol. The summed E-state index contributed by atoms with van der Waals surface area (Å²) in [6.45, 7) is 1.18. The molecule has 3 heterocycles. The first-order valence-corrected chi connectivity index (χ1v) is 8.54. The Labute approximate surface area is 150 Å². The molecule has 0 atom stereocenters. The maximum Gasteiger partial charge on any atom is 0.267 e. The summed E-state index contributed by atoms with van der Waals surface area (Å²) in [6.07, 6.45) is 4.17. The highest BCUT2D eigenvalue weighted by atomic mass is 16.2. The van der Waals surface area contributed by atoms with Crippen molar-refractivity contribution in [2.24, 2.45) is 0 Å². The summed E-state index contributed by atoms with van der Waals surface area (Å²) in [5, 5.41) is 4.35. The van der Waals surface area contributed by atoms with Crippen molar-refractivity contribution in [1.82, 2.24) is 19.7 Å². The fourth-order valence-corrected chi connectivity index (χ4v) is 3.18. The topological polar surface area (TPSA) is 68.1 Å². The molecule has 0 fully saturated rings. The Morgan fingerprint density at radius 3 is 2.58 bits per heavy atom. The molecule has 0 saturated heterocycles. The van der Waals surface area contributed by atoms with Crippen LogP contribution in [-0.4, -0.2) is 32.1 Å². The van der Waals surface area contributed by atoms with Gasteiger partial charge in [-0.2, -0.15) is 5.10 Å². The summed E-state index contributed by atoms with van der Waals surface area (Å²) in [7, 11) is 0. The van der Waals surface area contributed by atoms with Crippen LogP contribution < -0.4 is 5.56 Å². The first-order valence-electron chi connectivity index (χ1n) is 8.54. The minimum absolute atomic E-state index is 0.0556. The fraction of sp³-hybridized carbons (Fsp3) is 0.200. The van der Waals surface area contributed by atoms with Gasteiger partial charge >= 0.3 is 0 Å². The zero-order chi connectivity index (χ0) is 17.9. The van der Waals surface area contributed by atoms with Gasteiger partial charge in [-0.15, -0.1) is 0 Å². The molecule has 1 aliphatic heterocycles. The Balaban J connectivity index is 1.54. The molecule has 6 heteroatoms. The number of amides is 1. The molecule has 0 aliphatic carbocycles. The monoisotopic (exact) mass is 346 g/mol. The van der Waals surface area contributed by atoms with E-state index in [1.165, 1.54) is 16.3 Å². The van der Waals surface area contributed by atoms with Gasteiger partial charge in [0.15, 0.2) is 0 Å². The zero-order valence-electron chi connectivity index (χ0n) is 14.2. The van der Waals surface area contributed by atoms with Crippen LogP contribution in [0.1, 0.15) is 11.1 Å². The van der Waals surface area contributed by atoms with Crippen LogP contribution in [0.5, 0.6) is 0 Å². The van der Waals surface area contributed by atoms with Gasteiger partial charge in [-0.1, -0.05) is 24.3 Å². The van der Waals surface area contributed by atoms with Crippen molar-refractivity contribution in [3.63, 3.8) is 0 Å². The lowest BCUT2D eigenvalue weighted by Gasteiger charge is -2.29. The lowest BCUT2D eigenvalue weighted by atomic mass is 10.00. The molecule has 0 bridgehead atoms. The fourth-order valence-electron chi connectivity index (χ4n) is 3.18. The minimum atomic E-state index is -0.284. The van der Waals surface area contributed by atoms with Gasteiger partial charge in [0.25, 0.3) is 5.56 Å². The van der Waals surface area contributed by atoms with Crippen molar-refractivity contribution >= 4 is 5.91 Å². The van der Waals surface area contributed by atoms with Gasteiger partial charge in [-0.3, -0.25) is 14.6 Å². The molecule has 2 aromatic heterocycles. The lowest BCUT2D eigenvalue weighted by molar-refractivity contribution is -0.133. The molecule has 0 saturated carbocycles. The van der Waals surface area contributed by atoms with E-state index < -0.39 is 0 Å². The summed E-state index contributed by atoms with van der Waals surface area (Å²) in [5.74, 6) is -0.0963. The number of hydrogen-bond acceptors (Lipinski definition) is 4. The molecule has 3 aromatic rings. The number of aromatic nitrogens is 3. The summed E-state index contributed by atoms with van der Waals surface area (Å²) in [4.78, 5) is 30.6. The molecule has 0 N–H and O–H groups in total. The molecule has 1 amide bonds. The maximum absolute atomic E-state index is 12.7. The SMILES string of the molecule is O=C(Cn1nc(-c2ccncc2)ccc1=O)N1CCc2ccccc2C1. The number of pyridine rings is 1. The maximum atomic E-state index is 12.7. The van der Waals surface area contributed by atoms with E-state index in [0.29, 0.717) is 18.8 Å². The highest BCUT2D eigenvalue weighted by Crippen LogP contribution is 2.19. The molecule has 4 rings (SSSR count). The third-order valence-electron chi connectivity index (χ3n) is 4.61. The molecular weight excluding hydrogens is 328 g/mol. The molecule has 1 aliphatic rings. The summed E-state index contributed by atoms with van der Waals surface area (Å²) in [6, 6.07) is 14.9. The molecule has 6 nitrogen and oxygen atoms in total. The van der Waals surface area contributed by atoms with Gasteiger partial charge in [-0.25, -0.2) is 4.68 Å². The number of fused-ring (bicyclic) bond motifs is 1. The second kappa shape index (κ2) is 6.92. The average Bonchev–Trinajstić information content (AvgIpc) is 2.70. The molecule has 1 aromatic carbocycles. The Kier molecular flexibility index (Phi) is 4.31. The Morgan fingerprint density at radius 1 is 1.00 bits per heavy atom. The number of rotatable bonds is 3. The molecule has 130 valence electrons. The van der Waals surface area contributed by atoms with Crippen LogP contribution in [0, 0.1) is 0 Å². The van der Waals surface area contributed by atoms with E-state index in [9.17, 15) is 9.59 Å². The van der Waals surface area contributed by atoms with Crippen molar-refractivity contribution in [3.8, 4) is 11.3 Å². The number of hydrogen-bond donors (Lipinski definition) is 0. The first-order chi connectivity index (χ1) is 12.7. The van der Waals surface area contributed by atoms with Gasteiger partial charge < -0.3 is 4.90 Å². The van der Waals surface area contributed by atoms with Crippen LogP contribution in [0.15, 0.2) is 65.7 Å². The van der Waals surface area contributed by atoms with E-state index in [1.54, 1.807) is 23.4 Å². The van der Waals surface area contributed by atoms with Crippen LogP contribution in [0.25, 0.3) is 11.3 Å². The number of carbonyl (C=O) groups excluding carboxylic acids is 1. The first kappa shape index (κ1) is 16.2. The van der Waals surface area contributed by atoms with Crippen molar-refractivity contribution in [3.05, 3.63) is 82.4 Å². The predicted octanol–water partition coefficient (Wildman–Crippen LogP) is 1.89. The van der Waals surface area contributed by atoms with Gasteiger partial charge in [0, 0.05) is 37.1 Å².